The monoisotopic (exact) mass is 293 g/mol. The molecule has 0 aliphatic heterocycles. The number of carboxylic acid groups (broad SMARTS) is 2. The Morgan fingerprint density at radius 2 is 1.44 bits per heavy atom. The molecule has 1 aromatic heterocycles. The molecule has 98 valence electrons. The van der Waals surface area contributed by atoms with Gasteiger partial charge < -0.3 is 10.2 Å². The Morgan fingerprint density at radius 3 is 1.61 bits per heavy atom. The minimum Gasteiger partial charge on any atom is -0.478 e. The molecule has 0 atom stereocenters. The van der Waals surface area contributed by atoms with Crippen molar-refractivity contribution in [3.63, 3.8) is 0 Å². The number of carbonyl (C=O) groups is 2. The molecular weight excluding hydrogens is 285 g/mol. The predicted molar refractivity (Wildman–Crippen MR) is 56.7 cm³/mol. The summed E-state index contributed by atoms with van der Waals surface area (Å²) in [6, 6.07) is 5.02. The van der Waals surface area contributed by atoms with Crippen molar-refractivity contribution in [1.82, 2.24) is 15.4 Å². The summed E-state index contributed by atoms with van der Waals surface area (Å²) in [4.78, 5) is 20.7. The summed E-state index contributed by atoms with van der Waals surface area (Å²) in [5, 5.41) is 26.2. The van der Waals surface area contributed by atoms with Gasteiger partial charge in [-0.2, -0.15) is 0 Å². The van der Waals surface area contributed by atoms with Crippen LogP contribution in [0.1, 0.15) is 20.7 Å². The van der Waals surface area contributed by atoms with E-state index in [1.807, 2.05) is 0 Å². The maximum Gasteiger partial charge on any atom is 0.335 e. The maximum absolute atomic E-state index is 10.3. The molecule has 0 aliphatic carbocycles. The molecule has 1 heterocycles. The van der Waals surface area contributed by atoms with Crippen molar-refractivity contribution >= 4 is 11.9 Å². The molecule has 2 aromatic rings. The Hall–Kier alpha value is -2.21. The van der Waals surface area contributed by atoms with E-state index in [1.54, 1.807) is 12.4 Å². The molecule has 18 heavy (non-hydrogen) atoms. The standard InChI is InChI=1S/C8H6O4.C2H3N3.Ni/c9-7(10)5-1-2-6(4-3-5)8(11)12;1-2-4-5-3-1;/h1-4H,(H,9,10)(H,11,12);1-2H,(H,3,4,5);. The van der Waals surface area contributed by atoms with Crippen LogP contribution < -0.4 is 0 Å². The van der Waals surface area contributed by atoms with Crippen LogP contribution in [0.15, 0.2) is 36.7 Å². The van der Waals surface area contributed by atoms with Crippen LogP contribution in [0.25, 0.3) is 0 Å². The van der Waals surface area contributed by atoms with Gasteiger partial charge in [0.1, 0.15) is 0 Å². The smallest absolute Gasteiger partial charge is 0.335 e. The maximum atomic E-state index is 10.3. The molecule has 2 rings (SSSR count). The quantitative estimate of drug-likeness (QED) is 0.708. The second-order valence-electron chi connectivity index (χ2n) is 2.85. The third-order valence-corrected chi connectivity index (χ3v) is 1.71. The van der Waals surface area contributed by atoms with Gasteiger partial charge in [-0.05, 0) is 24.3 Å². The fraction of sp³-hybridized carbons (Fsp3) is 0. The number of hydrogen-bond donors (Lipinski definition) is 3. The first kappa shape index (κ1) is 15.8. The van der Waals surface area contributed by atoms with Crippen LogP contribution >= 0.6 is 0 Å². The molecule has 1 aromatic carbocycles. The minimum atomic E-state index is -1.06. The van der Waals surface area contributed by atoms with Gasteiger partial charge in [0.2, 0.25) is 0 Å². The van der Waals surface area contributed by atoms with E-state index in [0.29, 0.717) is 0 Å². The van der Waals surface area contributed by atoms with E-state index in [2.05, 4.69) is 15.4 Å². The number of nitrogens with zero attached hydrogens (tertiary/aromatic N) is 2. The Balaban J connectivity index is 0.000000405. The Bertz CT molecular complexity index is 434. The number of H-pyrrole nitrogens is 1. The largest absolute Gasteiger partial charge is 0.478 e. The number of aromatic carboxylic acids is 2. The van der Waals surface area contributed by atoms with Gasteiger partial charge in [0.15, 0.2) is 0 Å². The minimum absolute atomic E-state index is 0. The average Bonchev–Trinajstić information content (AvgIpc) is 2.87. The molecule has 0 saturated heterocycles. The molecule has 3 N–H and O–H groups in total. The molecular formula is C10H9N3NiO4. The molecule has 0 amide bonds. The second-order valence-corrected chi connectivity index (χ2v) is 2.85. The second kappa shape index (κ2) is 7.97. The number of aromatic nitrogens is 3. The van der Waals surface area contributed by atoms with Gasteiger partial charge in [-0.25, -0.2) is 9.59 Å². The van der Waals surface area contributed by atoms with E-state index in [-0.39, 0.29) is 27.6 Å². The molecule has 0 saturated carbocycles. The Morgan fingerprint density at radius 1 is 1.00 bits per heavy atom. The van der Waals surface area contributed by atoms with Crippen LogP contribution in [0.2, 0.25) is 0 Å². The van der Waals surface area contributed by atoms with E-state index < -0.39 is 11.9 Å². The molecule has 0 bridgehead atoms. The van der Waals surface area contributed by atoms with Crippen molar-refractivity contribution in [1.29, 1.82) is 0 Å². The van der Waals surface area contributed by atoms with Crippen molar-refractivity contribution in [2.24, 2.45) is 0 Å². The number of rotatable bonds is 2. The van der Waals surface area contributed by atoms with Gasteiger partial charge in [0.05, 0.1) is 17.3 Å². The first-order chi connectivity index (χ1) is 8.11. The summed E-state index contributed by atoms with van der Waals surface area (Å²) in [5.74, 6) is -2.13. The fourth-order valence-corrected chi connectivity index (χ4v) is 0.922. The summed E-state index contributed by atoms with van der Waals surface area (Å²) in [6.07, 6.45) is 3.24. The van der Waals surface area contributed by atoms with E-state index in [4.69, 9.17) is 10.2 Å². The van der Waals surface area contributed by atoms with Gasteiger partial charge >= 0.3 is 11.9 Å². The van der Waals surface area contributed by atoms with Crippen LogP contribution in [0, 0.1) is 0 Å². The predicted octanol–water partition coefficient (Wildman–Crippen LogP) is 0.885. The van der Waals surface area contributed by atoms with E-state index in [0.717, 1.165) is 0 Å². The first-order valence-electron chi connectivity index (χ1n) is 4.48. The van der Waals surface area contributed by atoms with E-state index >= 15 is 0 Å². The van der Waals surface area contributed by atoms with Crippen LogP contribution in [0.5, 0.6) is 0 Å². The SMILES string of the molecule is O=C(O)c1ccc(C(=O)O)cc1.[Ni].c1c[nH]nn1. The van der Waals surface area contributed by atoms with Crippen molar-refractivity contribution in [2.75, 3.05) is 0 Å². The van der Waals surface area contributed by atoms with Crippen molar-refractivity contribution < 1.29 is 36.3 Å². The number of hydrogen-bond acceptors (Lipinski definition) is 4. The zero-order valence-electron chi connectivity index (χ0n) is 8.89. The number of benzene rings is 1. The molecule has 0 fully saturated rings. The third-order valence-electron chi connectivity index (χ3n) is 1.71. The molecule has 0 aliphatic rings. The van der Waals surface area contributed by atoms with Gasteiger partial charge in [0.25, 0.3) is 0 Å². The molecule has 8 heteroatoms. The topological polar surface area (TPSA) is 116 Å². The number of aromatic amines is 1. The first-order valence-corrected chi connectivity index (χ1v) is 4.48. The Labute approximate surface area is 112 Å². The zero-order chi connectivity index (χ0) is 12.7. The summed E-state index contributed by atoms with van der Waals surface area (Å²) < 4.78 is 0. The number of nitrogens with one attached hydrogen (secondary N) is 1. The summed E-state index contributed by atoms with van der Waals surface area (Å²) >= 11 is 0. The van der Waals surface area contributed by atoms with Crippen molar-refractivity contribution in [3.05, 3.63) is 47.8 Å². The van der Waals surface area contributed by atoms with Gasteiger partial charge in [-0.15, -0.1) is 5.10 Å². The Kier molecular flexibility index (Phi) is 6.99. The fourth-order valence-electron chi connectivity index (χ4n) is 0.922. The molecule has 0 spiro atoms. The van der Waals surface area contributed by atoms with Crippen LogP contribution in [-0.2, 0) is 16.5 Å². The number of carboxylic acids is 2. The summed E-state index contributed by atoms with van der Waals surface area (Å²) in [7, 11) is 0. The average molecular weight is 294 g/mol. The van der Waals surface area contributed by atoms with Gasteiger partial charge in [0, 0.05) is 22.7 Å². The van der Waals surface area contributed by atoms with E-state index in [1.165, 1.54) is 24.3 Å². The van der Waals surface area contributed by atoms with E-state index in [9.17, 15) is 9.59 Å². The van der Waals surface area contributed by atoms with Crippen LogP contribution in [0.4, 0.5) is 0 Å². The van der Waals surface area contributed by atoms with Crippen LogP contribution in [0.3, 0.4) is 0 Å². The summed E-state index contributed by atoms with van der Waals surface area (Å²) in [6.45, 7) is 0. The molecule has 0 radical (unpaired) electrons. The zero-order valence-corrected chi connectivity index (χ0v) is 9.87. The van der Waals surface area contributed by atoms with Crippen molar-refractivity contribution in [3.8, 4) is 0 Å². The van der Waals surface area contributed by atoms with Gasteiger partial charge in [-0.1, -0.05) is 5.21 Å². The molecule has 0 unspecified atom stereocenters. The summed E-state index contributed by atoms with van der Waals surface area (Å²) in [5.41, 5.74) is 0.167. The third kappa shape index (κ3) is 5.22. The van der Waals surface area contributed by atoms with Crippen LogP contribution in [-0.4, -0.2) is 37.6 Å². The molecule has 7 nitrogen and oxygen atoms in total. The van der Waals surface area contributed by atoms with Gasteiger partial charge in [-0.3, -0.25) is 5.10 Å². The van der Waals surface area contributed by atoms with Crippen molar-refractivity contribution in [2.45, 2.75) is 0 Å². The normalized spacial score (nSPS) is 8.44.